The normalized spacial score (nSPS) is 18.8. The number of amides is 1. The number of hydrogen-bond donors (Lipinski definition) is 0. The first kappa shape index (κ1) is 21.6. The molecule has 1 spiro atoms. The number of aryl methyl sites for hydroxylation is 1. The summed E-state index contributed by atoms with van der Waals surface area (Å²) in [4.78, 5) is 28.8. The number of likely N-dealkylation sites (tertiary alicyclic amines) is 1. The van der Waals surface area contributed by atoms with Crippen LogP contribution >= 0.6 is 0 Å². The molecule has 0 unspecified atom stereocenters. The Labute approximate surface area is 179 Å². The number of carbonyl (C=O) groups excluding carboxylic acids is 2. The van der Waals surface area contributed by atoms with Crippen molar-refractivity contribution >= 4 is 11.7 Å². The van der Waals surface area contributed by atoms with Crippen LogP contribution in [0, 0.1) is 0 Å². The number of piperidine rings is 1. The highest BCUT2D eigenvalue weighted by Gasteiger charge is 2.47. The number of alkyl halides is 3. The Kier molecular flexibility index (Phi) is 5.45. The van der Waals surface area contributed by atoms with Crippen molar-refractivity contribution < 1.29 is 22.8 Å². The zero-order chi connectivity index (χ0) is 22.4. The second-order valence-electron chi connectivity index (χ2n) is 8.38. The van der Waals surface area contributed by atoms with E-state index in [1.807, 2.05) is 36.2 Å². The zero-order valence-corrected chi connectivity index (χ0v) is 17.7. The van der Waals surface area contributed by atoms with E-state index in [0.717, 1.165) is 12.1 Å². The van der Waals surface area contributed by atoms with Gasteiger partial charge >= 0.3 is 6.18 Å². The van der Waals surface area contributed by atoms with Crippen LogP contribution in [0.2, 0.25) is 0 Å². The van der Waals surface area contributed by atoms with Gasteiger partial charge in [0.25, 0.3) is 11.7 Å². The third-order valence-corrected chi connectivity index (χ3v) is 6.82. The van der Waals surface area contributed by atoms with Crippen LogP contribution in [0.25, 0.3) is 0 Å². The Morgan fingerprint density at radius 3 is 2.19 bits per heavy atom. The smallest absolute Gasteiger partial charge is 0.339 e. The van der Waals surface area contributed by atoms with Crippen molar-refractivity contribution in [2.45, 2.75) is 44.4 Å². The highest BCUT2D eigenvalue weighted by molar-refractivity contribution is 5.99. The zero-order valence-electron chi connectivity index (χ0n) is 17.7. The first-order valence-corrected chi connectivity index (χ1v) is 10.6. The molecule has 8 heteroatoms. The third-order valence-electron chi connectivity index (χ3n) is 6.82. The summed E-state index contributed by atoms with van der Waals surface area (Å²) >= 11 is 0. The van der Waals surface area contributed by atoms with Crippen LogP contribution in [0.4, 0.5) is 13.2 Å². The number of hydrogen-bond acceptors (Lipinski definition) is 3. The maximum absolute atomic E-state index is 13.0. The van der Waals surface area contributed by atoms with Gasteiger partial charge in [-0.15, -0.1) is 0 Å². The summed E-state index contributed by atoms with van der Waals surface area (Å²) in [5.74, 6) is -1.83. The van der Waals surface area contributed by atoms with E-state index in [0.29, 0.717) is 44.6 Å². The summed E-state index contributed by atoms with van der Waals surface area (Å²) in [7, 11) is 1.96. The molecule has 3 heterocycles. The van der Waals surface area contributed by atoms with Gasteiger partial charge < -0.3 is 9.47 Å². The van der Waals surface area contributed by atoms with Crippen LogP contribution in [0.15, 0.2) is 36.4 Å². The minimum Gasteiger partial charge on any atom is -0.339 e. The molecular formula is C23H26F3N3O2. The Hall–Kier alpha value is -2.61. The monoisotopic (exact) mass is 433 g/mol. The molecule has 4 rings (SSSR count). The van der Waals surface area contributed by atoms with Crippen LogP contribution in [0.1, 0.15) is 51.9 Å². The van der Waals surface area contributed by atoms with Crippen LogP contribution in [0.5, 0.6) is 0 Å². The lowest BCUT2D eigenvalue weighted by atomic mass is 9.81. The topological polar surface area (TPSA) is 45.6 Å². The number of rotatable bonds is 3. The number of ketones is 1. The number of aromatic nitrogens is 1. The van der Waals surface area contributed by atoms with Gasteiger partial charge in [0.15, 0.2) is 0 Å². The maximum Gasteiger partial charge on any atom is 0.456 e. The maximum atomic E-state index is 13.0. The molecule has 2 aromatic rings. The van der Waals surface area contributed by atoms with Crippen LogP contribution in [-0.2, 0) is 18.5 Å². The standard InChI is InChI=1S/C23H26F3N3O2/c1-3-16-4-6-17(7-5-16)21(31)28-12-10-22(11-13-28)19-9-8-18(20(30)23(24,25)26)29(19)15-14-27(22)2/h4-9H,3,10-15H2,1-2H3. The Balaban J connectivity index is 1.56. The van der Waals surface area contributed by atoms with Crippen molar-refractivity contribution in [3.05, 3.63) is 58.9 Å². The summed E-state index contributed by atoms with van der Waals surface area (Å²) in [6.07, 6.45) is -2.78. The minimum atomic E-state index is -4.89. The van der Waals surface area contributed by atoms with Crippen LogP contribution in [-0.4, -0.2) is 58.9 Å². The second kappa shape index (κ2) is 7.82. The van der Waals surface area contributed by atoms with Gasteiger partial charge in [0.1, 0.15) is 0 Å². The van der Waals surface area contributed by atoms with Gasteiger partial charge in [0.05, 0.1) is 11.2 Å². The van der Waals surface area contributed by atoms with E-state index in [1.165, 1.54) is 16.2 Å². The first-order valence-electron chi connectivity index (χ1n) is 10.6. The fraction of sp³-hybridized carbons (Fsp3) is 0.478. The summed E-state index contributed by atoms with van der Waals surface area (Å²) < 4.78 is 40.6. The molecule has 0 aliphatic carbocycles. The minimum absolute atomic E-state index is 0.0284. The predicted molar refractivity (Wildman–Crippen MR) is 110 cm³/mol. The molecule has 1 saturated heterocycles. The van der Waals surface area contributed by atoms with E-state index < -0.39 is 17.5 Å². The third kappa shape index (κ3) is 3.67. The summed E-state index contributed by atoms with van der Waals surface area (Å²) in [6, 6.07) is 10.5. The molecule has 2 aliphatic rings. The average molecular weight is 433 g/mol. The molecule has 1 amide bonds. The number of halogens is 3. The molecule has 5 nitrogen and oxygen atoms in total. The number of benzene rings is 1. The number of nitrogens with zero attached hydrogens (tertiary/aromatic N) is 3. The molecule has 0 saturated carbocycles. The van der Waals surface area contributed by atoms with E-state index in [-0.39, 0.29) is 11.6 Å². The van der Waals surface area contributed by atoms with E-state index in [1.54, 1.807) is 6.07 Å². The van der Waals surface area contributed by atoms with Gasteiger partial charge in [0.2, 0.25) is 0 Å². The van der Waals surface area contributed by atoms with Crippen molar-refractivity contribution in [1.29, 1.82) is 0 Å². The van der Waals surface area contributed by atoms with Gasteiger partial charge in [-0.2, -0.15) is 13.2 Å². The SMILES string of the molecule is CCc1ccc(C(=O)N2CCC3(CC2)c2ccc(C(=O)C(F)(F)F)n2CCN3C)cc1. The average Bonchev–Trinajstić information content (AvgIpc) is 3.20. The number of Topliss-reactive ketones (excluding diaryl/α,β-unsaturated/α-hetero) is 1. The number of fused-ring (bicyclic) bond motifs is 2. The van der Waals surface area contributed by atoms with Crippen LogP contribution < -0.4 is 0 Å². The van der Waals surface area contributed by atoms with Crippen molar-refractivity contribution in [2.75, 3.05) is 26.7 Å². The number of carbonyl (C=O) groups is 2. The fourth-order valence-electron chi connectivity index (χ4n) is 4.90. The van der Waals surface area contributed by atoms with Crippen LogP contribution in [0.3, 0.4) is 0 Å². The lowest BCUT2D eigenvalue weighted by Crippen LogP contribution is -2.56. The molecule has 31 heavy (non-hydrogen) atoms. The number of likely N-dealkylation sites (N-methyl/N-ethyl adjacent to an activating group) is 1. The van der Waals surface area contributed by atoms with Gasteiger partial charge in [-0.25, -0.2) is 0 Å². The molecule has 1 fully saturated rings. The quantitative estimate of drug-likeness (QED) is 0.691. The van der Waals surface area contributed by atoms with Crippen molar-refractivity contribution in [3.63, 3.8) is 0 Å². The largest absolute Gasteiger partial charge is 0.456 e. The van der Waals surface area contributed by atoms with Crippen molar-refractivity contribution in [2.24, 2.45) is 0 Å². The summed E-state index contributed by atoms with van der Waals surface area (Å²) in [6.45, 7) is 3.96. The fourth-order valence-corrected chi connectivity index (χ4v) is 4.90. The molecule has 2 aliphatic heterocycles. The molecule has 0 N–H and O–H groups in total. The predicted octanol–water partition coefficient (Wildman–Crippen LogP) is 3.87. The molecule has 0 atom stereocenters. The van der Waals surface area contributed by atoms with Gasteiger partial charge in [-0.1, -0.05) is 19.1 Å². The van der Waals surface area contributed by atoms with Crippen molar-refractivity contribution in [3.8, 4) is 0 Å². The van der Waals surface area contributed by atoms with E-state index in [9.17, 15) is 22.8 Å². The van der Waals surface area contributed by atoms with Gasteiger partial charge in [-0.05, 0) is 56.1 Å². The first-order chi connectivity index (χ1) is 14.7. The molecule has 1 aromatic carbocycles. The summed E-state index contributed by atoms with van der Waals surface area (Å²) in [5, 5.41) is 0. The highest BCUT2D eigenvalue weighted by atomic mass is 19.4. The Morgan fingerprint density at radius 2 is 1.61 bits per heavy atom. The Bertz CT molecular complexity index is 986. The molecule has 0 radical (unpaired) electrons. The van der Waals surface area contributed by atoms with Gasteiger partial charge in [-0.3, -0.25) is 14.5 Å². The lowest BCUT2D eigenvalue weighted by molar-refractivity contribution is -0.0892. The molecular weight excluding hydrogens is 407 g/mol. The van der Waals surface area contributed by atoms with E-state index in [2.05, 4.69) is 11.8 Å². The molecule has 1 aromatic heterocycles. The molecule has 166 valence electrons. The second-order valence-corrected chi connectivity index (χ2v) is 8.38. The van der Waals surface area contributed by atoms with E-state index >= 15 is 0 Å². The van der Waals surface area contributed by atoms with Gasteiger partial charge in [0, 0.05) is 37.4 Å². The Morgan fingerprint density at radius 1 is 0.968 bits per heavy atom. The van der Waals surface area contributed by atoms with Crippen molar-refractivity contribution in [1.82, 2.24) is 14.4 Å². The molecule has 0 bridgehead atoms. The lowest BCUT2D eigenvalue weighted by Gasteiger charge is -2.50. The summed E-state index contributed by atoms with van der Waals surface area (Å²) in [5.41, 5.74) is 1.76. The van der Waals surface area contributed by atoms with E-state index in [4.69, 9.17) is 0 Å². The highest BCUT2D eigenvalue weighted by Crippen LogP contribution is 2.42.